The topological polar surface area (TPSA) is 58.6 Å². The maximum absolute atomic E-state index is 12.9. The van der Waals surface area contributed by atoms with E-state index < -0.39 is 5.41 Å². The zero-order chi connectivity index (χ0) is 20.1. The lowest BCUT2D eigenvalue weighted by Gasteiger charge is -2.39. The van der Waals surface area contributed by atoms with Gasteiger partial charge in [-0.2, -0.15) is 0 Å². The van der Waals surface area contributed by atoms with Crippen molar-refractivity contribution in [1.29, 1.82) is 0 Å². The van der Waals surface area contributed by atoms with Gasteiger partial charge >= 0.3 is 0 Å². The Morgan fingerprint density at radius 2 is 1.82 bits per heavy atom. The molecule has 0 aliphatic carbocycles. The fourth-order valence-electron chi connectivity index (χ4n) is 3.51. The van der Waals surface area contributed by atoms with Crippen molar-refractivity contribution in [3.8, 4) is 5.75 Å². The van der Waals surface area contributed by atoms with E-state index in [4.69, 9.17) is 16.3 Å². The van der Waals surface area contributed by atoms with Gasteiger partial charge in [-0.1, -0.05) is 23.7 Å². The molecular formula is C22H25ClN2O3. The minimum Gasteiger partial charge on any atom is -0.497 e. The van der Waals surface area contributed by atoms with Gasteiger partial charge < -0.3 is 15.0 Å². The largest absolute Gasteiger partial charge is 0.497 e. The first-order valence-electron chi connectivity index (χ1n) is 9.37. The molecular weight excluding hydrogens is 376 g/mol. The number of amides is 2. The number of carbonyl (C=O) groups excluding carboxylic acids is 2. The first-order valence-corrected chi connectivity index (χ1v) is 9.75. The summed E-state index contributed by atoms with van der Waals surface area (Å²) in [6, 6.07) is 14.5. The average molecular weight is 401 g/mol. The number of carbonyl (C=O) groups is 2. The van der Waals surface area contributed by atoms with E-state index in [-0.39, 0.29) is 11.8 Å². The smallest absolute Gasteiger partial charge is 0.253 e. The standard InChI is InChI=1S/C22H25ClN2O3/c1-22(21(27)24-14-16-4-10-19(28-2)11-5-16)12-3-13-25(15-22)20(26)17-6-8-18(23)9-7-17/h4-11H,3,12-15H2,1-2H3,(H,24,27). The van der Waals surface area contributed by atoms with E-state index in [1.165, 1.54) is 0 Å². The SMILES string of the molecule is COc1ccc(CNC(=O)C2(C)CCCN(C(=O)c3ccc(Cl)cc3)C2)cc1. The third-order valence-electron chi connectivity index (χ3n) is 5.24. The summed E-state index contributed by atoms with van der Waals surface area (Å²) in [5.74, 6) is 0.688. The van der Waals surface area contributed by atoms with Crippen molar-refractivity contribution >= 4 is 23.4 Å². The average Bonchev–Trinajstić information content (AvgIpc) is 2.72. The Morgan fingerprint density at radius 1 is 1.14 bits per heavy atom. The van der Waals surface area contributed by atoms with Crippen LogP contribution in [-0.2, 0) is 11.3 Å². The minimum atomic E-state index is -0.604. The summed E-state index contributed by atoms with van der Waals surface area (Å²) in [6.45, 7) is 3.44. The second-order valence-corrected chi connectivity index (χ2v) is 7.87. The number of benzene rings is 2. The van der Waals surface area contributed by atoms with E-state index in [0.717, 1.165) is 24.2 Å². The molecule has 1 unspecified atom stereocenters. The Balaban J connectivity index is 1.62. The Morgan fingerprint density at radius 3 is 2.46 bits per heavy atom. The quantitative estimate of drug-likeness (QED) is 0.827. The van der Waals surface area contributed by atoms with Crippen molar-refractivity contribution in [2.45, 2.75) is 26.3 Å². The lowest BCUT2D eigenvalue weighted by molar-refractivity contribution is -0.132. The van der Waals surface area contributed by atoms with E-state index in [2.05, 4.69) is 5.32 Å². The van der Waals surface area contributed by atoms with Gasteiger partial charge in [0.1, 0.15) is 5.75 Å². The van der Waals surface area contributed by atoms with Crippen LogP contribution in [0.25, 0.3) is 0 Å². The number of ether oxygens (including phenoxy) is 1. The van der Waals surface area contributed by atoms with Crippen molar-refractivity contribution in [1.82, 2.24) is 10.2 Å². The van der Waals surface area contributed by atoms with Gasteiger partial charge in [0.2, 0.25) is 5.91 Å². The van der Waals surface area contributed by atoms with Crippen molar-refractivity contribution in [3.63, 3.8) is 0 Å². The maximum Gasteiger partial charge on any atom is 0.253 e. The lowest BCUT2D eigenvalue weighted by Crippen LogP contribution is -2.51. The molecule has 0 radical (unpaired) electrons. The third-order valence-corrected chi connectivity index (χ3v) is 5.49. The summed E-state index contributed by atoms with van der Waals surface area (Å²) < 4.78 is 5.15. The van der Waals surface area contributed by atoms with E-state index >= 15 is 0 Å². The van der Waals surface area contributed by atoms with Crippen LogP contribution in [0.15, 0.2) is 48.5 Å². The highest BCUT2D eigenvalue weighted by atomic mass is 35.5. The number of nitrogens with zero attached hydrogens (tertiary/aromatic N) is 1. The Hall–Kier alpha value is -2.53. The predicted molar refractivity (Wildman–Crippen MR) is 110 cm³/mol. The van der Waals surface area contributed by atoms with Gasteiger partial charge in [-0.3, -0.25) is 9.59 Å². The second-order valence-electron chi connectivity index (χ2n) is 7.43. The summed E-state index contributed by atoms with van der Waals surface area (Å²) in [6.07, 6.45) is 1.55. The first kappa shape index (κ1) is 20.2. The summed E-state index contributed by atoms with van der Waals surface area (Å²) in [7, 11) is 1.62. The number of methoxy groups -OCH3 is 1. The van der Waals surface area contributed by atoms with Gasteiger partial charge in [0.15, 0.2) is 0 Å². The highest BCUT2D eigenvalue weighted by Gasteiger charge is 2.39. The molecule has 6 heteroatoms. The van der Waals surface area contributed by atoms with Gasteiger partial charge in [-0.15, -0.1) is 0 Å². The third kappa shape index (κ3) is 4.65. The second kappa shape index (κ2) is 8.65. The molecule has 148 valence electrons. The summed E-state index contributed by atoms with van der Waals surface area (Å²) in [5, 5.41) is 3.61. The maximum atomic E-state index is 12.9. The fraction of sp³-hybridized carbons (Fsp3) is 0.364. The molecule has 1 aliphatic rings. The molecule has 0 spiro atoms. The van der Waals surface area contributed by atoms with Crippen LogP contribution in [-0.4, -0.2) is 36.9 Å². The molecule has 5 nitrogen and oxygen atoms in total. The molecule has 1 N–H and O–H groups in total. The first-order chi connectivity index (χ1) is 13.4. The molecule has 2 aromatic rings. The zero-order valence-corrected chi connectivity index (χ0v) is 17.0. The number of nitrogens with one attached hydrogen (secondary N) is 1. The molecule has 1 saturated heterocycles. The summed E-state index contributed by atoms with van der Waals surface area (Å²) >= 11 is 5.91. The number of piperidine rings is 1. The van der Waals surface area contributed by atoms with Gasteiger partial charge in [-0.25, -0.2) is 0 Å². The highest BCUT2D eigenvalue weighted by Crippen LogP contribution is 2.31. The molecule has 1 heterocycles. The number of hydrogen-bond donors (Lipinski definition) is 1. The minimum absolute atomic E-state index is 0.0306. The van der Waals surface area contributed by atoms with Crippen molar-refractivity contribution in [2.24, 2.45) is 5.41 Å². The van der Waals surface area contributed by atoms with Gasteiger partial charge in [0.05, 0.1) is 12.5 Å². The van der Waals surface area contributed by atoms with Crippen LogP contribution in [0, 0.1) is 5.41 Å². The van der Waals surface area contributed by atoms with E-state index in [1.807, 2.05) is 31.2 Å². The summed E-state index contributed by atoms with van der Waals surface area (Å²) in [5.41, 5.74) is 0.988. The molecule has 1 aliphatic heterocycles. The zero-order valence-electron chi connectivity index (χ0n) is 16.2. The Bertz CT molecular complexity index is 836. The Labute approximate surface area is 170 Å². The van der Waals surface area contributed by atoms with Crippen LogP contribution >= 0.6 is 11.6 Å². The molecule has 0 saturated carbocycles. The molecule has 2 aromatic carbocycles. The van der Waals surface area contributed by atoms with Crippen LogP contribution in [0.3, 0.4) is 0 Å². The molecule has 28 heavy (non-hydrogen) atoms. The molecule has 1 atom stereocenters. The van der Waals surface area contributed by atoms with E-state index in [1.54, 1.807) is 36.3 Å². The van der Waals surface area contributed by atoms with Crippen LogP contribution in [0.1, 0.15) is 35.7 Å². The number of likely N-dealkylation sites (tertiary alicyclic amines) is 1. The van der Waals surface area contributed by atoms with Crippen LogP contribution in [0.4, 0.5) is 0 Å². The van der Waals surface area contributed by atoms with Crippen molar-refractivity contribution in [2.75, 3.05) is 20.2 Å². The van der Waals surface area contributed by atoms with Gasteiger partial charge in [-0.05, 0) is 61.7 Å². The molecule has 0 aromatic heterocycles. The van der Waals surface area contributed by atoms with E-state index in [9.17, 15) is 9.59 Å². The van der Waals surface area contributed by atoms with Crippen molar-refractivity contribution in [3.05, 3.63) is 64.7 Å². The van der Waals surface area contributed by atoms with Gasteiger partial charge in [0.25, 0.3) is 5.91 Å². The number of hydrogen-bond acceptors (Lipinski definition) is 3. The van der Waals surface area contributed by atoms with Crippen molar-refractivity contribution < 1.29 is 14.3 Å². The normalized spacial score (nSPS) is 19.2. The number of rotatable bonds is 5. The molecule has 2 amide bonds. The van der Waals surface area contributed by atoms with Crippen LogP contribution in [0.5, 0.6) is 5.75 Å². The monoisotopic (exact) mass is 400 g/mol. The van der Waals surface area contributed by atoms with Gasteiger partial charge in [0, 0.05) is 30.2 Å². The Kier molecular flexibility index (Phi) is 6.25. The van der Waals surface area contributed by atoms with Crippen LogP contribution in [0.2, 0.25) is 5.02 Å². The molecule has 1 fully saturated rings. The summed E-state index contributed by atoms with van der Waals surface area (Å²) in [4.78, 5) is 27.4. The lowest BCUT2D eigenvalue weighted by atomic mass is 9.80. The molecule has 0 bridgehead atoms. The molecule has 3 rings (SSSR count). The number of halogens is 1. The predicted octanol–water partition coefficient (Wildman–Crippen LogP) is 3.91. The fourth-order valence-corrected chi connectivity index (χ4v) is 3.64. The van der Waals surface area contributed by atoms with Crippen LogP contribution < -0.4 is 10.1 Å². The highest BCUT2D eigenvalue weighted by molar-refractivity contribution is 6.30. The van der Waals surface area contributed by atoms with E-state index in [0.29, 0.717) is 30.2 Å².